The molecule has 1 heterocycles. The van der Waals surface area contributed by atoms with Crippen LogP contribution in [0, 0.1) is 21.8 Å². The maximum atomic E-state index is 13.6. The van der Waals surface area contributed by atoms with E-state index in [1.807, 2.05) is 6.07 Å². The SMILES string of the molecule is O=[N+]([O-])c1ccccc1S[C@@H]1C[C@H]2[C@H](c3ccc(Cl)c(Cl)c3N[C@H]2c2ccc(F)cc2)[C@H]1Cl. The zero-order valence-corrected chi connectivity index (χ0v) is 20.1. The number of fused-ring (bicyclic) bond motifs is 3. The molecular formula is C24H18Cl3FN2O2S. The molecule has 0 aromatic heterocycles. The van der Waals surface area contributed by atoms with Crippen molar-refractivity contribution in [2.45, 2.75) is 33.9 Å². The lowest BCUT2D eigenvalue weighted by molar-refractivity contribution is -0.387. The second-order valence-corrected chi connectivity index (χ2v) is 10.8. The summed E-state index contributed by atoms with van der Waals surface area (Å²) in [6.45, 7) is 0. The lowest BCUT2D eigenvalue weighted by Crippen LogP contribution is -2.31. The van der Waals surface area contributed by atoms with Crippen molar-refractivity contribution in [3.63, 3.8) is 0 Å². The summed E-state index contributed by atoms with van der Waals surface area (Å²) in [7, 11) is 0. The van der Waals surface area contributed by atoms with Crippen molar-refractivity contribution >= 4 is 57.9 Å². The van der Waals surface area contributed by atoms with E-state index in [4.69, 9.17) is 34.8 Å². The highest BCUT2D eigenvalue weighted by molar-refractivity contribution is 8.00. The number of thioether (sulfide) groups is 1. The van der Waals surface area contributed by atoms with Gasteiger partial charge in [0.25, 0.3) is 5.69 Å². The second kappa shape index (κ2) is 8.99. The first kappa shape index (κ1) is 22.8. The van der Waals surface area contributed by atoms with Crippen LogP contribution in [-0.2, 0) is 0 Å². The minimum absolute atomic E-state index is 0.0481. The molecule has 5 rings (SSSR count). The van der Waals surface area contributed by atoms with Crippen molar-refractivity contribution in [2.75, 3.05) is 5.32 Å². The van der Waals surface area contributed by atoms with Gasteiger partial charge in [-0.3, -0.25) is 10.1 Å². The van der Waals surface area contributed by atoms with Gasteiger partial charge in [0.1, 0.15) is 5.82 Å². The molecule has 9 heteroatoms. The minimum Gasteiger partial charge on any atom is -0.376 e. The maximum Gasteiger partial charge on any atom is 0.282 e. The maximum absolute atomic E-state index is 13.6. The number of para-hydroxylation sites is 1. The summed E-state index contributed by atoms with van der Waals surface area (Å²) >= 11 is 21.4. The summed E-state index contributed by atoms with van der Waals surface area (Å²) in [5, 5.41) is 15.6. The lowest BCUT2D eigenvalue weighted by Gasteiger charge is -2.39. The molecule has 0 radical (unpaired) electrons. The first-order chi connectivity index (χ1) is 15.8. The molecule has 5 atom stereocenters. The molecule has 0 amide bonds. The Kier molecular flexibility index (Phi) is 6.21. The number of anilines is 1. The number of halogens is 4. The Balaban J connectivity index is 1.56. The molecule has 1 aliphatic carbocycles. The van der Waals surface area contributed by atoms with Crippen molar-refractivity contribution in [3.8, 4) is 0 Å². The average Bonchev–Trinajstić information content (AvgIpc) is 3.13. The van der Waals surface area contributed by atoms with Crippen molar-refractivity contribution in [1.82, 2.24) is 0 Å². The van der Waals surface area contributed by atoms with Gasteiger partial charge < -0.3 is 5.32 Å². The van der Waals surface area contributed by atoms with Crippen LogP contribution in [0.5, 0.6) is 0 Å². The Morgan fingerprint density at radius 1 is 1.06 bits per heavy atom. The zero-order valence-electron chi connectivity index (χ0n) is 17.1. The van der Waals surface area contributed by atoms with E-state index >= 15 is 0 Å². The van der Waals surface area contributed by atoms with Crippen molar-refractivity contribution < 1.29 is 9.31 Å². The lowest BCUT2D eigenvalue weighted by atomic mass is 9.77. The Morgan fingerprint density at radius 2 is 1.79 bits per heavy atom. The Morgan fingerprint density at radius 3 is 2.52 bits per heavy atom. The molecule has 0 bridgehead atoms. The molecule has 3 aromatic rings. The van der Waals surface area contributed by atoms with Crippen LogP contribution >= 0.6 is 46.6 Å². The second-order valence-electron chi connectivity index (χ2n) is 8.25. The van der Waals surface area contributed by atoms with Gasteiger partial charge in [-0.15, -0.1) is 23.4 Å². The molecule has 4 nitrogen and oxygen atoms in total. The highest BCUT2D eigenvalue weighted by atomic mass is 35.5. The van der Waals surface area contributed by atoms with E-state index in [1.54, 1.807) is 36.4 Å². The monoisotopic (exact) mass is 522 g/mol. The number of hydrogen-bond donors (Lipinski definition) is 1. The van der Waals surface area contributed by atoms with Gasteiger partial charge in [0.15, 0.2) is 0 Å². The molecular weight excluding hydrogens is 506 g/mol. The van der Waals surface area contributed by atoms with Gasteiger partial charge in [-0.25, -0.2) is 4.39 Å². The van der Waals surface area contributed by atoms with Crippen LogP contribution in [0.25, 0.3) is 0 Å². The van der Waals surface area contributed by atoms with E-state index in [0.717, 1.165) is 23.2 Å². The van der Waals surface area contributed by atoms with E-state index in [2.05, 4.69) is 5.32 Å². The fourth-order valence-electron chi connectivity index (χ4n) is 4.99. The van der Waals surface area contributed by atoms with Gasteiger partial charge in [0.05, 0.1) is 37.0 Å². The molecule has 0 unspecified atom stereocenters. The fourth-order valence-corrected chi connectivity index (χ4v) is 7.32. The van der Waals surface area contributed by atoms with Crippen LogP contribution in [0.1, 0.15) is 29.5 Å². The predicted octanol–water partition coefficient (Wildman–Crippen LogP) is 8.08. The molecule has 1 fully saturated rings. The first-order valence-electron chi connectivity index (χ1n) is 10.4. The molecule has 2 aliphatic rings. The summed E-state index contributed by atoms with van der Waals surface area (Å²) < 4.78 is 13.6. The zero-order chi connectivity index (χ0) is 23.3. The summed E-state index contributed by atoms with van der Waals surface area (Å²) in [6, 6.07) is 16.7. The van der Waals surface area contributed by atoms with Crippen LogP contribution in [0.2, 0.25) is 10.0 Å². The summed E-state index contributed by atoms with van der Waals surface area (Å²) in [6.07, 6.45) is 0.726. The number of benzene rings is 3. The quantitative estimate of drug-likeness (QED) is 0.213. The normalized spacial score (nSPS) is 25.8. The molecule has 1 aliphatic heterocycles. The third-order valence-corrected chi connectivity index (χ3v) is 9.36. The van der Waals surface area contributed by atoms with Gasteiger partial charge in [-0.2, -0.15) is 0 Å². The van der Waals surface area contributed by atoms with Crippen LogP contribution in [0.3, 0.4) is 0 Å². The van der Waals surface area contributed by atoms with Crippen LogP contribution < -0.4 is 5.32 Å². The van der Waals surface area contributed by atoms with Crippen LogP contribution in [-0.4, -0.2) is 15.6 Å². The van der Waals surface area contributed by atoms with Gasteiger partial charge in [0, 0.05) is 17.2 Å². The van der Waals surface area contributed by atoms with Crippen molar-refractivity contribution in [2.24, 2.45) is 5.92 Å². The molecule has 0 saturated heterocycles. The molecule has 1 N–H and O–H groups in total. The van der Waals surface area contributed by atoms with Crippen LogP contribution in [0.4, 0.5) is 15.8 Å². The molecule has 3 aromatic carbocycles. The van der Waals surface area contributed by atoms with E-state index in [9.17, 15) is 14.5 Å². The van der Waals surface area contributed by atoms with E-state index in [-0.39, 0.29) is 44.9 Å². The number of alkyl halides is 1. The Labute approximate surface area is 209 Å². The number of hydrogen-bond acceptors (Lipinski definition) is 4. The Hall–Kier alpha value is -1.99. The van der Waals surface area contributed by atoms with Gasteiger partial charge in [-0.1, -0.05) is 53.5 Å². The first-order valence-corrected chi connectivity index (χ1v) is 12.5. The topological polar surface area (TPSA) is 55.2 Å². The van der Waals surface area contributed by atoms with Gasteiger partial charge in [0.2, 0.25) is 0 Å². The summed E-state index contributed by atoms with van der Waals surface area (Å²) in [5.41, 5.74) is 2.72. The molecule has 1 saturated carbocycles. The Bertz CT molecular complexity index is 1230. The van der Waals surface area contributed by atoms with Crippen molar-refractivity contribution in [1.29, 1.82) is 0 Å². The standard InChI is InChI=1S/C24H18Cl3FN2O2S/c25-16-10-9-14-20-15(23(29-24(14)21(16)26)12-5-7-13(28)8-6-12)11-19(22(20)27)33-18-4-2-1-3-17(18)30(31)32/h1-10,15,19-20,22-23,29H,11H2/t15-,19+,20-,22-,23-/m0/s1. The molecule has 0 spiro atoms. The number of rotatable bonds is 4. The molecule has 33 heavy (non-hydrogen) atoms. The highest BCUT2D eigenvalue weighted by Crippen LogP contribution is 2.59. The summed E-state index contributed by atoms with van der Waals surface area (Å²) in [5.74, 6) is -0.268. The smallest absolute Gasteiger partial charge is 0.282 e. The van der Waals surface area contributed by atoms with E-state index < -0.39 is 0 Å². The van der Waals surface area contributed by atoms with Gasteiger partial charge >= 0.3 is 0 Å². The number of nitrogens with one attached hydrogen (secondary N) is 1. The summed E-state index contributed by atoms with van der Waals surface area (Å²) in [4.78, 5) is 11.7. The third-order valence-electron chi connectivity index (χ3n) is 6.45. The number of nitro groups is 1. The third kappa shape index (κ3) is 4.08. The highest BCUT2D eigenvalue weighted by Gasteiger charge is 2.50. The van der Waals surface area contributed by atoms with Crippen molar-refractivity contribution in [3.05, 3.63) is 97.8 Å². The number of nitrogens with zero attached hydrogens (tertiary/aromatic N) is 1. The number of nitro benzene ring substituents is 1. The van der Waals surface area contributed by atoms with Gasteiger partial charge in [-0.05, 0) is 47.7 Å². The fraction of sp³-hybridized carbons (Fsp3) is 0.250. The minimum atomic E-state index is -0.368. The molecule has 170 valence electrons. The van der Waals surface area contributed by atoms with Crippen LogP contribution in [0.15, 0.2) is 65.6 Å². The largest absolute Gasteiger partial charge is 0.376 e. The van der Waals surface area contributed by atoms with E-state index in [1.165, 1.54) is 30.0 Å². The predicted molar refractivity (Wildman–Crippen MR) is 132 cm³/mol. The average molecular weight is 524 g/mol. The van der Waals surface area contributed by atoms with E-state index in [0.29, 0.717) is 14.9 Å².